The molecule has 0 unspecified atom stereocenters. The molecule has 7 aromatic rings. The molecule has 57 heavy (non-hydrogen) atoms. The first-order valence-electron chi connectivity index (χ1n) is 20.9. The Balaban J connectivity index is 0.000000192. The van der Waals surface area contributed by atoms with Crippen LogP contribution in [0.15, 0.2) is 71.5 Å². The second kappa shape index (κ2) is 17.9. The van der Waals surface area contributed by atoms with Crippen molar-refractivity contribution in [1.82, 2.24) is 24.5 Å². The summed E-state index contributed by atoms with van der Waals surface area (Å²) in [6.07, 6.45) is 13.8. The molecular weight excluding hydrogens is 895 g/mol. The molecule has 1 aliphatic rings. The normalized spacial score (nSPS) is 13.8. The third-order valence-corrected chi connectivity index (χ3v) is 13.4. The molecule has 1 saturated carbocycles. The first-order chi connectivity index (χ1) is 26.8. The minimum Gasteiger partial charge on any atom is -0.486 e. The molecule has 8 heteroatoms. The van der Waals surface area contributed by atoms with Gasteiger partial charge in [-0.05, 0) is 54.3 Å². The Morgan fingerprint density at radius 3 is 2.30 bits per heavy atom. The average Bonchev–Trinajstić information content (AvgIpc) is 3.76. The second-order valence-corrected chi connectivity index (χ2v) is 22.8. The van der Waals surface area contributed by atoms with Gasteiger partial charge in [0.25, 0.3) is 0 Å². The fourth-order valence-electron chi connectivity index (χ4n) is 8.55. The molecular formula is C49H59IrN5OSi-2. The third-order valence-electron chi connectivity index (χ3n) is 11.4. The van der Waals surface area contributed by atoms with Crippen molar-refractivity contribution >= 4 is 46.4 Å². The standard InChI is InChI=1S/C25H25N4O.C24H34NSi.Ir/c1-6-29-22-19(11-13-26-21(22)15(4)5)28-24(29)18-10-9-16(14(2)3)20-17-8-7-12-27-25(17)30-23(18)20;1-18(2)15-22-16-23(25-17-24(22)26(3,4)5)21-13-11-20(12-14-21)19-9-7-6-8-10-19;/h7-9,11-15H,6H2,1-5H3;11-13,16-19H,6-10,15H2,1-5H3;/q2*-1;. The zero-order chi connectivity index (χ0) is 39.7. The number of pyridine rings is 3. The van der Waals surface area contributed by atoms with E-state index in [1.807, 2.05) is 18.3 Å². The Hall–Kier alpha value is -3.97. The Bertz CT molecular complexity index is 2450. The molecule has 0 aliphatic heterocycles. The van der Waals surface area contributed by atoms with Crippen LogP contribution in [0.3, 0.4) is 0 Å². The van der Waals surface area contributed by atoms with Gasteiger partial charge in [0.1, 0.15) is 0 Å². The van der Waals surface area contributed by atoms with Crippen LogP contribution in [0.1, 0.15) is 121 Å². The second-order valence-electron chi connectivity index (χ2n) is 17.8. The van der Waals surface area contributed by atoms with Crippen molar-refractivity contribution in [3.8, 4) is 22.6 Å². The fraction of sp³-hybridized carbons (Fsp3) is 0.429. The van der Waals surface area contributed by atoms with Gasteiger partial charge >= 0.3 is 0 Å². The van der Waals surface area contributed by atoms with Gasteiger partial charge in [0.15, 0.2) is 0 Å². The fourth-order valence-corrected chi connectivity index (χ4v) is 10.1. The van der Waals surface area contributed by atoms with Gasteiger partial charge in [-0.1, -0.05) is 128 Å². The molecule has 0 saturated heterocycles. The molecule has 1 aliphatic carbocycles. The summed E-state index contributed by atoms with van der Waals surface area (Å²) < 4.78 is 8.53. The summed E-state index contributed by atoms with van der Waals surface area (Å²) in [5.74, 6) is 2.93. The van der Waals surface area contributed by atoms with E-state index >= 15 is 0 Å². The quantitative estimate of drug-likeness (QED) is 0.106. The molecule has 5 heterocycles. The first-order valence-corrected chi connectivity index (χ1v) is 24.4. The van der Waals surface area contributed by atoms with Gasteiger partial charge in [-0.25, -0.2) is 4.98 Å². The van der Waals surface area contributed by atoms with Crippen LogP contribution in [0.2, 0.25) is 19.6 Å². The number of imidazole rings is 1. The molecule has 1 fully saturated rings. The molecule has 2 aromatic carbocycles. The summed E-state index contributed by atoms with van der Waals surface area (Å²) in [4.78, 5) is 18.9. The molecule has 301 valence electrons. The van der Waals surface area contributed by atoms with Gasteiger partial charge in [-0.2, -0.15) is 0 Å². The monoisotopic (exact) mass is 954 g/mol. The van der Waals surface area contributed by atoms with Gasteiger partial charge in [-0.15, -0.1) is 53.1 Å². The largest absolute Gasteiger partial charge is 0.486 e. The van der Waals surface area contributed by atoms with E-state index < -0.39 is 8.07 Å². The SMILES string of the molecule is CC(C)Cc1cc(-c2[c-]cc(C3CCCCC3)cc2)ncc1[Si](C)(C)C.CCn1c(-c2[c-]cc(C(C)C)c3c2oc2ncccc23)nc2ccnc(C(C)C)c21.[Ir]. The van der Waals surface area contributed by atoms with E-state index in [1.165, 1.54) is 54.0 Å². The molecule has 0 amide bonds. The summed E-state index contributed by atoms with van der Waals surface area (Å²) in [5.41, 5.74) is 11.8. The van der Waals surface area contributed by atoms with Crippen molar-refractivity contribution < 1.29 is 24.5 Å². The minimum atomic E-state index is -1.37. The molecule has 0 bridgehead atoms. The van der Waals surface area contributed by atoms with Crippen LogP contribution in [0.5, 0.6) is 0 Å². The van der Waals surface area contributed by atoms with E-state index in [4.69, 9.17) is 14.4 Å². The predicted molar refractivity (Wildman–Crippen MR) is 237 cm³/mol. The molecule has 0 spiro atoms. The van der Waals surface area contributed by atoms with Crippen LogP contribution in [-0.2, 0) is 33.1 Å². The molecule has 0 N–H and O–H groups in total. The third kappa shape index (κ3) is 8.89. The number of aromatic nitrogens is 5. The van der Waals surface area contributed by atoms with Crippen LogP contribution >= 0.6 is 0 Å². The Labute approximate surface area is 354 Å². The van der Waals surface area contributed by atoms with Gasteiger partial charge in [0.05, 0.1) is 36.2 Å². The number of hydrogen-bond donors (Lipinski definition) is 0. The maximum absolute atomic E-state index is 6.29. The van der Waals surface area contributed by atoms with E-state index in [9.17, 15) is 0 Å². The van der Waals surface area contributed by atoms with E-state index in [0.29, 0.717) is 23.5 Å². The average molecular weight is 954 g/mol. The minimum absolute atomic E-state index is 0. The van der Waals surface area contributed by atoms with Crippen LogP contribution in [0.4, 0.5) is 0 Å². The summed E-state index contributed by atoms with van der Waals surface area (Å²) in [7, 11) is -1.37. The van der Waals surface area contributed by atoms with Gasteiger partial charge < -0.3 is 14.0 Å². The first kappa shape index (κ1) is 42.6. The summed E-state index contributed by atoms with van der Waals surface area (Å²) in [5, 5.41) is 3.66. The Morgan fingerprint density at radius 1 is 0.877 bits per heavy atom. The van der Waals surface area contributed by atoms with Gasteiger partial charge in [-0.3, -0.25) is 9.97 Å². The van der Waals surface area contributed by atoms with E-state index in [0.717, 1.165) is 74.6 Å². The summed E-state index contributed by atoms with van der Waals surface area (Å²) in [6, 6.07) is 24.3. The molecule has 8 rings (SSSR count). The Morgan fingerprint density at radius 2 is 1.65 bits per heavy atom. The van der Waals surface area contributed by atoms with Crippen molar-refractivity contribution in [2.24, 2.45) is 5.92 Å². The van der Waals surface area contributed by atoms with Crippen molar-refractivity contribution in [3.05, 3.63) is 102 Å². The molecule has 6 nitrogen and oxygen atoms in total. The Kier molecular flexibility index (Phi) is 13.4. The van der Waals surface area contributed by atoms with Gasteiger partial charge in [0, 0.05) is 50.6 Å². The number of nitrogens with zero attached hydrogens (tertiary/aromatic N) is 5. The smallest absolute Gasteiger partial charge is 0.216 e. The molecule has 5 aromatic heterocycles. The number of fused-ring (bicyclic) bond motifs is 4. The van der Waals surface area contributed by atoms with Crippen molar-refractivity contribution in [3.63, 3.8) is 0 Å². The number of benzene rings is 2. The number of aryl methyl sites for hydroxylation is 1. The number of furan rings is 1. The van der Waals surface area contributed by atoms with Crippen LogP contribution in [0, 0.1) is 18.1 Å². The van der Waals surface area contributed by atoms with E-state index in [-0.39, 0.29) is 20.1 Å². The summed E-state index contributed by atoms with van der Waals surface area (Å²) in [6.45, 7) is 23.5. The van der Waals surface area contributed by atoms with Crippen molar-refractivity contribution in [1.29, 1.82) is 0 Å². The van der Waals surface area contributed by atoms with Crippen LogP contribution in [-0.4, -0.2) is 32.6 Å². The zero-order valence-electron chi connectivity index (χ0n) is 35.6. The summed E-state index contributed by atoms with van der Waals surface area (Å²) >= 11 is 0. The topological polar surface area (TPSA) is 69.6 Å². The maximum Gasteiger partial charge on any atom is 0.216 e. The van der Waals surface area contributed by atoms with Crippen molar-refractivity contribution in [2.75, 3.05) is 0 Å². The van der Waals surface area contributed by atoms with Gasteiger partial charge in [0.2, 0.25) is 5.71 Å². The maximum atomic E-state index is 6.29. The van der Waals surface area contributed by atoms with Crippen LogP contribution < -0.4 is 5.19 Å². The van der Waals surface area contributed by atoms with E-state index in [1.54, 1.807) is 6.20 Å². The van der Waals surface area contributed by atoms with Crippen molar-refractivity contribution in [2.45, 2.75) is 131 Å². The predicted octanol–water partition coefficient (Wildman–Crippen LogP) is 12.8. The zero-order valence-corrected chi connectivity index (χ0v) is 39.0. The molecule has 1 radical (unpaired) electrons. The molecule has 0 atom stereocenters. The van der Waals surface area contributed by atoms with E-state index in [2.05, 4.69) is 137 Å². The number of hydrogen-bond acceptors (Lipinski definition) is 5. The van der Waals surface area contributed by atoms with Crippen LogP contribution in [0.25, 0.3) is 55.7 Å². The number of rotatable bonds is 9.